The first-order valence-electron chi connectivity index (χ1n) is 7.50. The molecule has 4 nitrogen and oxygen atoms in total. The molecule has 0 bridgehead atoms. The number of hydrogen-bond donors (Lipinski definition) is 1. The van der Waals surface area contributed by atoms with Crippen LogP contribution >= 0.6 is 0 Å². The molecule has 1 aliphatic heterocycles. The van der Waals surface area contributed by atoms with Crippen molar-refractivity contribution >= 4 is 11.6 Å². The van der Waals surface area contributed by atoms with Gasteiger partial charge in [0.25, 0.3) is 0 Å². The van der Waals surface area contributed by atoms with Crippen molar-refractivity contribution < 1.29 is 0 Å². The Labute approximate surface area is 116 Å². The van der Waals surface area contributed by atoms with E-state index in [1.54, 1.807) is 6.33 Å². The third-order valence-electron chi connectivity index (χ3n) is 4.14. The Bertz CT molecular complexity index is 405. The largest absolute Gasteiger partial charge is 0.373 e. The average molecular weight is 262 g/mol. The number of nitrogens with zero attached hydrogens (tertiary/aromatic N) is 3. The topological polar surface area (TPSA) is 41.1 Å². The zero-order valence-corrected chi connectivity index (χ0v) is 12.4. The molecule has 1 N–H and O–H groups in total. The maximum Gasteiger partial charge on any atom is 0.137 e. The Morgan fingerprint density at radius 1 is 1.32 bits per heavy atom. The van der Waals surface area contributed by atoms with Gasteiger partial charge in [-0.25, -0.2) is 9.97 Å². The third kappa shape index (κ3) is 3.37. The fraction of sp³-hybridized carbons (Fsp3) is 0.733. The first kappa shape index (κ1) is 14.1. The van der Waals surface area contributed by atoms with Crippen molar-refractivity contribution in [3.8, 4) is 0 Å². The molecule has 1 saturated heterocycles. The summed E-state index contributed by atoms with van der Waals surface area (Å²) in [5.74, 6) is 2.96. The fourth-order valence-electron chi connectivity index (χ4n) is 3.09. The van der Waals surface area contributed by atoms with Gasteiger partial charge in [0.2, 0.25) is 0 Å². The highest BCUT2D eigenvalue weighted by atomic mass is 15.2. The van der Waals surface area contributed by atoms with Gasteiger partial charge >= 0.3 is 0 Å². The Morgan fingerprint density at radius 2 is 2.16 bits per heavy atom. The van der Waals surface area contributed by atoms with Gasteiger partial charge < -0.3 is 10.2 Å². The van der Waals surface area contributed by atoms with E-state index in [9.17, 15) is 0 Å². The average Bonchev–Trinajstić information content (AvgIpc) is 2.65. The van der Waals surface area contributed by atoms with Crippen molar-refractivity contribution in [2.75, 3.05) is 30.4 Å². The van der Waals surface area contributed by atoms with Crippen molar-refractivity contribution in [2.24, 2.45) is 5.92 Å². The van der Waals surface area contributed by atoms with Crippen LogP contribution in [0.25, 0.3) is 0 Å². The lowest BCUT2D eigenvalue weighted by Gasteiger charge is -2.24. The molecule has 1 fully saturated rings. The molecule has 106 valence electrons. The predicted octanol–water partition coefficient (Wildman–Crippen LogP) is 3.23. The van der Waals surface area contributed by atoms with Gasteiger partial charge in [-0.3, -0.25) is 0 Å². The summed E-state index contributed by atoms with van der Waals surface area (Å²) in [5.41, 5.74) is 1.17. The molecule has 0 aliphatic carbocycles. The second-order valence-electron chi connectivity index (χ2n) is 5.49. The van der Waals surface area contributed by atoms with E-state index in [0.717, 1.165) is 30.6 Å². The molecule has 1 aromatic heterocycles. The summed E-state index contributed by atoms with van der Waals surface area (Å²) < 4.78 is 0. The number of nitrogens with one attached hydrogen (secondary N) is 1. The van der Waals surface area contributed by atoms with Crippen molar-refractivity contribution in [1.29, 1.82) is 0 Å². The summed E-state index contributed by atoms with van der Waals surface area (Å²) in [6.45, 7) is 6.65. The van der Waals surface area contributed by atoms with E-state index in [1.165, 1.54) is 37.7 Å². The molecule has 1 aliphatic rings. The summed E-state index contributed by atoms with van der Waals surface area (Å²) in [6, 6.07) is 0. The van der Waals surface area contributed by atoms with Crippen molar-refractivity contribution in [3.63, 3.8) is 0 Å². The predicted molar refractivity (Wildman–Crippen MR) is 80.8 cm³/mol. The minimum absolute atomic E-state index is 0.904. The van der Waals surface area contributed by atoms with Crippen molar-refractivity contribution in [1.82, 2.24) is 9.97 Å². The highest BCUT2D eigenvalue weighted by molar-refractivity contribution is 5.57. The molecule has 0 spiro atoms. The summed E-state index contributed by atoms with van der Waals surface area (Å²) >= 11 is 0. The van der Waals surface area contributed by atoms with Crippen LogP contribution < -0.4 is 10.2 Å². The highest BCUT2D eigenvalue weighted by Gasteiger charge is 2.19. The Kier molecular flexibility index (Phi) is 5.00. The van der Waals surface area contributed by atoms with Crippen LogP contribution in [-0.2, 0) is 0 Å². The number of rotatable bonds is 4. The van der Waals surface area contributed by atoms with E-state index in [-0.39, 0.29) is 0 Å². The second kappa shape index (κ2) is 6.73. The van der Waals surface area contributed by atoms with Gasteiger partial charge in [0, 0.05) is 25.7 Å². The smallest absolute Gasteiger partial charge is 0.137 e. The van der Waals surface area contributed by atoms with E-state index >= 15 is 0 Å². The second-order valence-corrected chi connectivity index (χ2v) is 5.49. The van der Waals surface area contributed by atoms with E-state index in [0.29, 0.717) is 0 Å². The van der Waals surface area contributed by atoms with E-state index in [1.807, 2.05) is 7.05 Å². The Balaban J connectivity index is 2.10. The molecule has 0 aromatic carbocycles. The number of hydrogen-bond acceptors (Lipinski definition) is 4. The monoisotopic (exact) mass is 262 g/mol. The van der Waals surface area contributed by atoms with Gasteiger partial charge in [-0.05, 0) is 32.1 Å². The maximum absolute atomic E-state index is 4.50. The number of anilines is 2. The summed E-state index contributed by atoms with van der Waals surface area (Å²) in [4.78, 5) is 11.2. The Morgan fingerprint density at radius 3 is 2.89 bits per heavy atom. The zero-order chi connectivity index (χ0) is 13.7. The van der Waals surface area contributed by atoms with Crippen LogP contribution in [0.5, 0.6) is 0 Å². The SMILES string of the molecule is CCCC1CCCN(c2ncnc(NC)c2C)CC1. The van der Waals surface area contributed by atoms with E-state index in [4.69, 9.17) is 0 Å². The maximum atomic E-state index is 4.50. The number of aromatic nitrogens is 2. The molecule has 0 saturated carbocycles. The molecular formula is C15H26N4. The molecule has 1 unspecified atom stereocenters. The van der Waals surface area contributed by atoms with Crippen LogP contribution in [0.2, 0.25) is 0 Å². The first-order chi connectivity index (χ1) is 9.26. The molecule has 19 heavy (non-hydrogen) atoms. The molecule has 2 rings (SSSR count). The third-order valence-corrected chi connectivity index (χ3v) is 4.14. The molecule has 0 amide bonds. The molecule has 1 aromatic rings. The van der Waals surface area contributed by atoms with Gasteiger partial charge in [-0.2, -0.15) is 0 Å². The van der Waals surface area contributed by atoms with E-state index < -0.39 is 0 Å². The fourth-order valence-corrected chi connectivity index (χ4v) is 3.09. The van der Waals surface area contributed by atoms with Crippen LogP contribution in [0.15, 0.2) is 6.33 Å². The quantitative estimate of drug-likeness (QED) is 0.904. The molecule has 0 radical (unpaired) electrons. The van der Waals surface area contributed by atoms with Crippen LogP contribution in [0, 0.1) is 12.8 Å². The molecular weight excluding hydrogens is 236 g/mol. The lowest BCUT2D eigenvalue weighted by atomic mass is 9.96. The van der Waals surface area contributed by atoms with Crippen molar-refractivity contribution in [3.05, 3.63) is 11.9 Å². The van der Waals surface area contributed by atoms with Crippen LogP contribution in [0.3, 0.4) is 0 Å². The molecule has 4 heteroatoms. The zero-order valence-electron chi connectivity index (χ0n) is 12.4. The summed E-state index contributed by atoms with van der Waals surface area (Å²) in [7, 11) is 1.92. The van der Waals surface area contributed by atoms with Gasteiger partial charge in [0.1, 0.15) is 18.0 Å². The van der Waals surface area contributed by atoms with Gasteiger partial charge in [0.05, 0.1) is 0 Å². The van der Waals surface area contributed by atoms with Crippen molar-refractivity contribution in [2.45, 2.75) is 46.0 Å². The summed E-state index contributed by atoms with van der Waals surface area (Å²) in [6.07, 6.45) is 8.30. The minimum atomic E-state index is 0.904. The van der Waals surface area contributed by atoms with Gasteiger partial charge in [-0.1, -0.05) is 19.8 Å². The van der Waals surface area contributed by atoms with Crippen LogP contribution in [0.4, 0.5) is 11.6 Å². The van der Waals surface area contributed by atoms with Gasteiger partial charge in [-0.15, -0.1) is 0 Å². The minimum Gasteiger partial charge on any atom is -0.373 e. The van der Waals surface area contributed by atoms with Crippen LogP contribution in [-0.4, -0.2) is 30.1 Å². The van der Waals surface area contributed by atoms with E-state index in [2.05, 4.69) is 34.0 Å². The van der Waals surface area contributed by atoms with Crippen LogP contribution in [0.1, 0.15) is 44.6 Å². The first-order valence-corrected chi connectivity index (χ1v) is 7.50. The standard InChI is InChI=1S/C15H26N4/c1-4-6-13-7-5-9-19(10-8-13)15-12(2)14(16-3)17-11-18-15/h11,13H,4-10H2,1-3H3,(H,16,17,18). The lowest BCUT2D eigenvalue weighted by Crippen LogP contribution is -2.26. The van der Waals surface area contributed by atoms with Gasteiger partial charge in [0.15, 0.2) is 0 Å². The molecule has 1 atom stereocenters. The Hall–Kier alpha value is -1.32. The molecule has 2 heterocycles. The summed E-state index contributed by atoms with van der Waals surface area (Å²) in [5, 5.41) is 3.14. The lowest BCUT2D eigenvalue weighted by molar-refractivity contribution is 0.435. The highest BCUT2D eigenvalue weighted by Crippen LogP contribution is 2.27. The normalized spacial score (nSPS) is 20.2.